The van der Waals surface area contributed by atoms with Crippen LogP contribution >= 0.6 is 0 Å². The van der Waals surface area contributed by atoms with Gasteiger partial charge in [-0.1, -0.05) is 55.0 Å². The summed E-state index contributed by atoms with van der Waals surface area (Å²) in [4.78, 5) is 26.7. The molecule has 1 N–H and O–H groups in total. The number of piperidine rings is 1. The smallest absolute Gasteiger partial charge is 0.410 e. The summed E-state index contributed by atoms with van der Waals surface area (Å²) in [5, 5.41) is 9.84. The number of rotatable bonds is 3. The number of aliphatic carboxylic acids is 1. The average Bonchev–Trinajstić information content (AvgIpc) is 3.32. The molecule has 3 aliphatic rings. The zero-order valence-corrected chi connectivity index (χ0v) is 16.3. The Morgan fingerprint density at radius 1 is 1.00 bits per heavy atom. The van der Waals surface area contributed by atoms with E-state index in [0.717, 1.165) is 12.8 Å². The predicted molar refractivity (Wildman–Crippen MR) is 109 cm³/mol. The molecule has 2 aromatic rings. The molecule has 0 unspecified atom stereocenters. The van der Waals surface area contributed by atoms with Gasteiger partial charge >= 0.3 is 12.1 Å². The molecule has 0 radical (unpaired) electrons. The number of carbonyl (C=O) groups is 2. The van der Waals surface area contributed by atoms with Gasteiger partial charge in [0.1, 0.15) is 6.61 Å². The third-order valence-electron chi connectivity index (χ3n) is 7.13. The fraction of sp³-hybridized carbons (Fsp3) is 0.417. The highest BCUT2D eigenvalue weighted by Gasteiger charge is 2.54. The van der Waals surface area contributed by atoms with Gasteiger partial charge in [0.05, 0.1) is 11.5 Å². The first-order valence-electron chi connectivity index (χ1n) is 10.5. The van der Waals surface area contributed by atoms with Gasteiger partial charge < -0.3 is 14.7 Å². The fourth-order valence-corrected chi connectivity index (χ4v) is 5.77. The van der Waals surface area contributed by atoms with Crippen LogP contribution in [0.15, 0.2) is 48.5 Å². The van der Waals surface area contributed by atoms with Crippen molar-refractivity contribution in [3.05, 3.63) is 59.7 Å². The number of carboxylic acids is 1. The second-order valence-corrected chi connectivity index (χ2v) is 8.47. The van der Waals surface area contributed by atoms with Crippen molar-refractivity contribution >= 4 is 12.1 Å². The predicted octanol–water partition coefficient (Wildman–Crippen LogP) is 4.65. The van der Waals surface area contributed by atoms with E-state index in [9.17, 15) is 14.7 Å². The number of hydrogen-bond donors (Lipinski definition) is 1. The molecule has 2 aromatic carbocycles. The molecular formula is C24H25NO4. The molecule has 1 amide bonds. The topological polar surface area (TPSA) is 66.8 Å². The van der Waals surface area contributed by atoms with Gasteiger partial charge in [-0.05, 0) is 47.9 Å². The number of amides is 1. The molecule has 0 bridgehead atoms. The maximum absolute atomic E-state index is 13.0. The number of carboxylic acid groups (broad SMARTS) is 1. The SMILES string of the molecule is O=C(OCC1c2ccccc2-c2ccccc21)N1CCC[C@@]2(C(=O)O)CCC[C@@H]12. The Bertz CT molecular complexity index is 925. The van der Waals surface area contributed by atoms with Gasteiger partial charge in [0.25, 0.3) is 0 Å². The Hall–Kier alpha value is -2.82. The summed E-state index contributed by atoms with van der Waals surface area (Å²) in [6.07, 6.45) is 3.25. The van der Waals surface area contributed by atoms with Gasteiger partial charge in [-0.25, -0.2) is 4.79 Å². The molecule has 5 heteroatoms. The molecule has 2 atom stereocenters. The van der Waals surface area contributed by atoms with Crippen molar-refractivity contribution in [2.45, 2.75) is 44.1 Å². The zero-order valence-electron chi connectivity index (χ0n) is 16.3. The van der Waals surface area contributed by atoms with Crippen molar-refractivity contribution in [3.63, 3.8) is 0 Å². The molecule has 29 heavy (non-hydrogen) atoms. The Kier molecular flexibility index (Phi) is 4.34. The molecular weight excluding hydrogens is 366 g/mol. The summed E-state index contributed by atoms with van der Waals surface area (Å²) in [7, 11) is 0. The number of fused-ring (bicyclic) bond motifs is 4. The van der Waals surface area contributed by atoms with Crippen LogP contribution < -0.4 is 0 Å². The van der Waals surface area contributed by atoms with Gasteiger partial charge in [-0.15, -0.1) is 0 Å². The summed E-state index contributed by atoms with van der Waals surface area (Å²) in [5.74, 6) is -0.750. The van der Waals surface area contributed by atoms with E-state index >= 15 is 0 Å². The number of carbonyl (C=O) groups excluding carboxylic acids is 1. The lowest BCUT2D eigenvalue weighted by atomic mass is 9.75. The Morgan fingerprint density at radius 3 is 2.28 bits per heavy atom. The Morgan fingerprint density at radius 2 is 1.62 bits per heavy atom. The standard InChI is InChI=1S/C24H25NO4/c26-22(27)24-12-5-11-21(24)25(14-6-13-24)23(28)29-15-20-18-9-3-1-7-16(18)17-8-2-4-10-19(17)20/h1-4,7-10,20-21H,5-6,11-15H2,(H,26,27)/t21-,24+/m1/s1. The number of ether oxygens (including phenoxy) is 1. The lowest BCUT2D eigenvalue weighted by Crippen LogP contribution is -2.55. The first kappa shape index (κ1) is 18.2. The fourth-order valence-electron chi connectivity index (χ4n) is 5.77. The van der Waals surface area contributed by atoms with E-state index in [4.69, 9.17) is 4.74 Å². The molecule has 150 valence electrons. The molecule has 2 fully saturated rings. The van der Waals surface area contributed by atoms with E-state index in [1.807, 2.05) is 24.3 Å². The van der Waals surface area contributed by atoms with Crippen LogP contribution in [0.5, 0.6) is 0 Å². The first-order chi connectivity index (χ1) is 14.1. The van der Waals surface area contributed by atoms with Crippen LogP contribution in [-0.2, 0) is 9.53 Å². The summed E-state index contributed by atoms with van der Waals surface area (Å²) >= 11 is 0. The van der Waals surface area contributed by atoms with Crippen LogP contribution in [0, 0.1) is 5.41 Å². The lowest BCUT2D eigenvalue weighted by Gasteiger charge is -2.43. The normalized spacial score (nSPS) is 25.2. The minimum absolute atomic E-state index is 0.0175. The summed E-state index contributed by atoms with van der Waals surface area (Å²) < 4.78 is 5.81. The molecule has 0 aromatic heterocycles. The molecule has 2 aliphatic carbocycles. The molecule has 5 nitrogen and oxygen atoms in total. The van der Waals surface area contributed by atoms with Gasteiger partial charge in [0, 0.05) is 12.5 Å². The van der Waals surface area contributed by atoms with Crippen molar-refractivity contribution in [3.8, 4) is 11.1 Å². The highest BCUT2D eigenvalue weighted by atomic mass is 16.6. The second-order valence-electron chi connectivity index (χ2n) is 8.47. The van der Waals surface area contributed by atoms with E-state index in [1.54, 1.807) is 4.90 Å². The molecule has 0 spiro atoms. The molecule has 1 aliphatic heterocycles. The van der Waals surface area contributed by atoms with Crippen molar-refractivity contribution < 1.29 is 19.4 Å². The zero-order chi connectivity index (χ0) is 20.0. The van der Waals surface area contributed by atoms with E-state index < -0.39 is 11.4 Å². The average molecular weight is 391 g/mol. The molecule has 1 saturated heterocycles. The van der Waals surface area contributed by atoms with Gasteiger partial charge in [0.15, 0.2) is 0 Å². The van der Waals surface area contributed by atoms with Crippen LogP contribution in [0.4, 0.5) is 4.79 Å². The first-order valence-corrected chi connectivity index (χ1v) is 10.5. The third kappa shape index (κ3) is 2.75. The van der Waals surface area contributed by atoms with Gasteiger partial charge in [-0.2, -0.15) is 0 Å². The summed E-state index contributed by atoms with van der Waals surface area (Å²) in [6.45, 7) is 0.854. The third-order valence-corrected chi connectivity index (χ3v) is 7.13. The minimum atomic E-state index is -0.788. The highest BCUT2D eigenvalue weighted by Crippen LogP contribution is 2.48. The van der Waals surface area contributed by atoms with Gasteiger partial charge in [0.2, 0.25) is 0 Å². The Labute approximate surface area is 170 Å². The maximum atomic E-state index is 13.0. The highest BCUT2D eigenvalue weighted by molar-refractivity contribution is 5.80. The van der Waals surface area contributed by atoms with E-state index in [2.05, 4.69) is 24.3 Å². The largest absolute Gasteiger partial charge is 0.481 e. The molecule has 1 heterocycles. The summed E-state index contributed by atoms with van der Waals surface area (Å²) in [6, 6.07) is 16.3. The molecule has 1 saturated carbocycles. The van der Waals surface area contributed by atoms with E-state index in [0.29, 0.717) is 25.8 Å². The quantitative estimate of drug-likeness (QED) is 0.827. The number of likely N-dealkylation sites (tertiary alicyclic amines) is 1. The number of hydrogen-bond acceptors (Lipinski definition) is 3. The minimum Gasteiger partial charge on any atom is -0.481 e. The van der Waals surface area contributed by atoms with Crippen LogP contribution in [0.1, 0.15) is 49.1 Å². The monoisotopic (exact) mass is 391 g/mol. The lowest BCUT2D eigenvalue weighted by molar-refractivity contribution is -0.154. The van der Waals surface area contributed by atoms with Crippen LogP contribution in [0.2, 0.25) is 0 Å². The van der Waals surface area contributed by atoms with Crippen LogP contribution in [0.25, 0.3) is 11.1 Å². The van der Waals surface area contributed by atoms with E-state index in [1.165, 1.54) is 22.3 Å². The summed E-state index contributed by atoms with van der Waals surface area (Å²) in [5.41, 5.74) is 3.97. The van der Waals surface area contributed by atoms with Crippen molar-refractivity contribution in [2.24, 2.45) is 5.41 Å². The maximum Gasteiger partial charge on any atom is 0.410 e. The van der Waals surface area contributed by atoms with E-state index in [-0.39, 0.29) is 24.7 Å². The molecule has 5 rings (SSSR count). The second kappa shape index (κ2) is 6.90. The number of nitrogens with zero attached hydrogens (tertiary/aromatic N) is 1. The van der Waals surface area contributed by atoms with Gasteiger partial charge in [-0.3, -0.25) is 4.79 Å². The van der Waals surface area contributed by atoms with Crippen molar-refractivity contribution in [1.29, 1.82) is 0 Å². The van der Waals surface area contributed by atoms with Crippen LogP contribution in [-0.4, -0.2) is 41.3 Å². The van der Waals surface area contributed by atoms with Crippen LogP contribution in [0.3, 0.4) is 0 Å². The number of benzene rings is 2. The van der Waals surface area contributed by atoms with Crippen molar-refractivity contribution in [1.82, 2.24) is 4.90 Å². The Balaban J connectivity index is 1.36. The van der Waals surface area contributed by atoms with Crippen molar-refractivity contribution in [2.75, 3.05) is 13.2 Å².